The standard InChI is InChI=1S/C26H28N2O7/c1-17(26(30)31)33-20-11-9-19(10-12-20)15-28-24(29)21-8-5-13-27-25(21)35-23-16-32-22(34-23)14-18-6-3-2-4-7-18/h2-9,13,16-17,20,22H,10-12,14-15H2,1H3,(H,28,29)(H,30,31). The zero-order valence-corrected chi connectivity index (χ0v) is 19.4. The third-order valence-corrected chi connectivity index (χ3v) is 5.70. The second kappa shape index (κ2) is 11.5. The van der Waals surface area contributed by atoms with Crippen LogP contribution in [0.15, 0.2) is 72.5 Å². The van der Waals surface area contributed by atoms with Gasteiger partial charge in [0.2, 0.25) is 12.2 Å². The van der Waals surface area contributed by atoms with Crippen molar-refractivity contribution in [3.8, 4) is 5.88 Å². The van der Waals surface area contributed by atoms with Crippen LogP contribution >= 0.6 is 0 Å². The van der Waals surface area contributed by atoms with Crippen LogP contribution in [0.1, 0.15) is 42.1 Å². The van der Waals surface area contributed by atoms with Gasteiger partial charge in [-0.05, 0) is 43.9 Å². The molecule has 2 heterocycles. The Hall–Kier alpha value is -3.85. The van der Waals surface area contributed by atoms with E-state index in [1.807, 2.05) is 36.4 Å². The number of ether oxygens (including phenoxy) is 4. The zero-order valence-electron chi connectivity index (χ0n) is 19.4. The van der Waals surface area contributed by atoms with Crippen molar-refractivity contribution >= 4 is 11.9 Å². The molecule has 1 aromatic heterocycles. The van der Waals surface area contributed by atoms with Gasteiger partial charge in [-0.25, -0.2) is 9.78 Å². The van der Waals surface area contributed by atoms with Gasteiger partial charge < -0.3 is 29.4 Å². The zero-order chi connectivity index (χ0) is 24.6. The Kier molecular flexibility index (Phi) is 7.99. The number of aliphatic carboxylic acids is 1. The summed E-state index contributed by atoms with van der Waals surface area (Å²) in [6, 6.07) is 13.1. The van der Waals surface area contributed by atoms with Crippen molar-refractivity contribution in [3.63, 3.8) is 0 Å². The van der Waals surface area contributed by atoms with Gasteiger partial charge in [0.15, 0.2) is 12.4 Å². The maximum absolute atomic E-state index is 12.8. The first-order chi connectivity index (χ1) is 17.0. The second-order valence-corrected chi connectivity index (χ2v) is 8.33. The Bertz CT molecular complexity index is 1100. The van der Waals surface area contributed by atoms with Gasteiger partial charge in [-0.2, -0.15) is 0 Å². The van der Waals surface area contributed by atoms with Gasteiger partial charge in [-0.3, -0.25) is 4.79 Å². The topological polar surface area (TPSA) is 116 Å². The molecule has 184 valence electrons. The fourth-order valence-electron chi connectivity index (χ4n) is 3.79. The molecule has 35 heavy (non-hydrogen) atoms. The molecule has 2 N–H and O–H groups in total. The number of aromatic nitrogens is 1. The van der Waals surface area contributed by atoms with Crippen molar-refractivity contribution in [3.05, 3.63) is 83.6 Å². The average molecular weight is 481 g/mol. The largest absolute Gasteiger partial charge is 0.479 e. The van der Waals surface area contributed by atoms with Crippen LogP contribution in [0.25, 0.3) is 0 Å². The van der Waals surface area contributed by atoms with E-state index < -0.39 is 18.4 Å². The first kappa shape index (κ1) is 24.3. The number of carboxylic acids is 1. The minimum atomic E-state index is -0.974. The number of hydrogen-bond acceptors (Lipinski definition) is 7. The number of carbonyl (C=O) groups is 2. The Morgan fingerprint density at radius 2 is 2.06 bits per heavy atom. The normalized spacial score (nSPS) is 20.0. The van der Waals surface area contributed by atoms with Crippen LogP contribution < -0.4 is 10.1 Å². The summed E-state index contributed by atoms with van der Waals surface area (Å²) in [5.41, 5.74) is 2.40. The lowest BCUT2D eigenvalue weighted by atomic mass is 9.97. The third-order valence-electron chi connectivity index (χ3n) is 5.70. The lowest BCUT2D eigenvalue weighted by Gasteiger charge is -2.24. The maximum Gasteiger partial charge on any atom is 0.332 e. The minimum Gasteiger partial charge on any atom is -0.479 e. The minimum absolute atomic E-state index is 0.119. The molecule has 0 radical (unpaired) electrons. The highest BCUT2D eigenvalue weighted by Gasteiger charge is 2.25. The quantitative estimate of drug-likeness (QED) is 0.496. The molecule has 2 aromatic rings. The van der Waals surface area contributed by atoms with Crippen LogP contribution in [0, 0.1) is 0 Å². The molecule has 0 saturated heterocycles. The smallest absolute Gasteiger partial charge is 0.332 e. The van der Waals surface area contributed by atoms with E-state index in [0.29, 0.717) is 32.2 Å². The molecule has 1 aliphatic heterocycles. The van der Waals surface area contributed by atoms with Crippen molar-refractivity contribution < 1.29 is 33.6 Å². The number of carbonyl (C=O) groups excluding carboxylic acids is 1. The highest BCUT2D eigenvalue weighted by molar-refractivity contribution is 5.96. The number of benzene rings is 1. The van der Waals surface area contributed by atoms with E-state index in [9.17, 15) is 9.59 Å². The van der Waals surface area contributed by atoms with Gasteiger partial charge in [-0.1, -0.05) is 42.0 Å². The molecule has 1 aromatic carbocycles. The van der Waals surface area contributed by atoms with E-state index in [2.05, 4.69) is 10.3 Å². The first-order valence-electron chi connectivity index (χ1n) is 11.5. The number of nitrogens with zero attached hydrogens (tertiary/aromatic N) is 1. The predicted octanol–water partition coefficient (Wildman–Crippen LogP) is 3.57. The summed E-state index contributed by atoms with van der Waals surface area (Å²) < 4.78 is 22.5. The molecule has 2 aliphatic rings. The number of carboxylic acid groups (broad SMARTS) is 1. The molecule has 9 heteroatoms. The van der Waals surface area contributed by atoms with Crippen LogP contribution in [0.3, 0.4) is 0 Å². The summed E-state index contributed by atoms with van der Waals surface area (Å²) in [6.07, 6.45) is 6.00. The molecule has 0 saturated carbocycles. The summed E-state index contributed by atoms with van der Waals surface area (Å²) in [6.45, 7) is 1.90. The van der Waals surface area contributed by atoms with Gasteiger partial charge in [0.05, 0.1) is 6.10 Å². The van der Waals surface area contributed by atoms with Crippen LogP contribution in [-0.4, -0.2) is 47.0 Å². The average Bonchev–Trinajstić information content (AvgIpc) is 3.30. The lowest BCUT2D eigenvalue weighted by Crippen LogP contribution is -2.30. The number of amides is 1. The molecule has 1 aliphatic carbocycles. The van der Waals surface area contributed by atoms with E-state index in [-0.39, 0.29) is 29.4 Å². The number of hydrogen-bond donors (Lipinski definition) is 2. The van der Waals surface area contributed by atoms with Gasteiger partial charge in [0.25, 0.3) is 5.91 Å². The van der Waals surface area contributed by atoms with E-state index >= 15 is 0 Å². The first-order valence-corrected chi connectivity index (χ1v) is 11.5. The molecule has 0 spiro atoms. The van der Waals surface area contributed by atoms with Crippen LogP contribution in [0.4, 0.5) is 0 Å². The molecule has 3 unspecified atom stereocenters. The fourth-order valence-corrected chi connectivity index (χ4v) is 3.79. The molecule has 3 atom stereocenters. The van der Waals surface area contributed by atoms with Gasteiger partial charge >= 0.3 is 11.9 Å². The highest BCUT2D eigenvalue weighted by atomic mass is 16.8. The fraction of sp³-hybridized carbons (Fsp3) is 0.346. The Balaban J connectivity index is 1.28. The summed E-state index contributed by atoms with van der Waals surface area (Å²) in [5, 5.41) is 11.9. The van der Waals surface area contributed by atoms with Crippen LogP contribution in [0.2, 0.25) is 0 Å². The Labute approximate surface area is 203 Å². The van der Waals surface area contributed by atoms with Gasteiger partial charge in [0.1, 0.15) is 5.56 Å². The predicted molar refractivity (Wildman–Crippen MR) is 125 cm³/mol. The molecule has 0 bridgehead atoms. The van der Waals surface area contributed by atoms with Crippen molar-refractivity contribution in [1.82, 2.24) is 10.3 Å². The summed E-state index contributed by atoms with van der Waals surface area (Å²) in [4.78, 5) is 28.0. The monoisotopic (exact) mass is 480 g/mol. The summed E-state index contributed by atoms with van der Waals surface area (Å²) in [7, 11) is 0. The van der Waals surface area contributed by atoms with E-state index in [4.69, 9.17) is 24.1 Å². The Morgan fingerprint density at radius 1 is 1.23 bits per heavy atom. The summed E-state index contributed by atoms with van der Waals surface area (Å²) in [5.74, 6) is -1.05. The molecular weight excluding hydrogens is 452 g/mol. The molecule has 0 fully saturated rings. The van der Waals surface area contributed by atoms with E-state index in [1.54, 1.807) is 12.1 Å². The number of pyridine rings is 1. The molecule has 1 amide bonds. The van der Waals surface area contributed by atoms with E-state index in [0.717, 1.165) is 11.1 Å². The molecule has 9 nitrogen and oxygen atoms in total. The van der Waals surface area contributed by atoms with Crippen molar-refractivity contribution in [2.24, 2.45) is 0 Å². The van der Waals surface area contributed by atoms with Crippen molar-refractivity contribution in [2.45, 2.75) is 51.1 Å². The number of rotatable bonds is 10. The lowest BCUT2D eigenvalue weighted by molar-refractivity contribution is -0.153. The van der Waals surface area contributed by atoms with E-state index in [1.165, 1.54) is 19.4 Å². The van der Waals surface area contributed by atoms with Crippen molar-refractivity contribution in [1.29, 1.82) is 0 Å². The van der Waals surface area contributed by atoms with Gasteiger partial charge in [-0.15, -0.1) is 0 Å². The van der Waals surface area contributed by atoms with Crippen LogP contribution in [0.5, 0.6) is 5.88 Å². The van der Waals surface area contributed by atoms with Crippen molar-refractivity contribution in [2.75, 3.05) is 6.54 Å². The van der Waals surface area contributed by atoms with Gasteiger partial charge in [0, 0.05) is 19.2 Å². The molecular formula is C26H28N2O7. The number of nitrogens with one attached hydrogen (secondary N) is 1. The SMILES string of the molecule is CC(OC1CC=C(CNC(=O)c2cccnc2OC2=COC(Cc3ccccc3)O2)CC1)C(=O)O. The molecule has 4 rings (SSSR count). The summed E-state index contributed by atoms with van der Waals surface area (Å²) >= 11 is 0. The third kappa shape index (κ3) is 6.83. The Morgan fingerprint density at radius 3 is 2.80 bits per heavy atom. The maximum atomic E-state index is 12.8. The van der Waals surface area contributed by atoms with Crippen LogP contribution in [-0.2, 0) is 25.4 Å². The second-order valence-electron chi connectivity index (χ2n) is 8.33. The highest BCUT2D eigenvalue weighted by Crippen LogP contribution is 2.24.